The molecular weight excluding hydrogens is 266 g/mol. The number of hydrogen-bond acceptors (Lipinski definition) is 4. The number of primary amides is 1. The first-order valence-corrected chi connectivity index (χ1v) is 7.54. The summed E-state index contributed by atoms with van der Waals surface area (Å²) in [6.07, 6.45) is 6.55. The number of pyridine rings is 1. The molecule has 0 saturated heterocycles. The van der Waals surface area contributed by atoms with Gasteiger partial charge in [-0.2, -0.15) is 0 Å². The molecule has 0 aliphatic heterocycles. The Kier molecular flexibility index (Phi) is 5.17. The maximum Gasteiger partial charge on any atom is 0.231 e. The molecule has 1 fully saturated rings. The van der Waals surface area contributed by atoms with E-state index in [4.69, 9.17) is 10.5 Å². The van der Waals surface area contributed by atoms with Crippen LogP contribution in [0.5, 0.6) is 5.75 Å². The standard InChI is InChI=1S/C16H25N3O2/c1-11-8-18-14(12(2)16(11)21-3)9-19(10-15(17)20)13-6-4-5-7-13/h8,13H,4-7,9-10H2,1-3H3,(H2,17,20). The van der Waals surface area contributed by atoms with Gasteiger partial charge in [0.1, 0.15) is 5.75 Å². The Hall–Kier alpha value is -1.62. The highest BCUT2D eigenvalue weighted by Gasteiger charge is 2.25. The van der Waals surface area contributed by atoms with E-state index in [1.807, 2.05) is 20.0 Å². The van der Waals surface area contributed by atoms with Gasteiger partial charge >= 0.3 is 0 Å². The van der Waals surface area contributed by atoms with Crippen molar-refractivity contribution in [3.63, 3.8) is 0 Å². The van der Waals surface area contributed by atoms with Crippen molar-refractivity contribution in [2.45, 2.75) is 52.1 Å². The lowest BCUT2D eigenvalue weighted by Gasteiger charge is -2.28. The van der Waals surface area contributed by atoms with Gasteiger partial charge in [-0.3, -0.25) is 14.7 Å². The molecule has 0 spiro atoms. The van der Waals surface area contributed by atoms with Crippen LogP contribution in [-0.4, -0.2) is 35.5 Å². The first-order chi connectivity index (χ1) is 10.0. The zero-order valence-corrected chi connectivity index (χ0v) is 13.2. The maximum atomic E-state index is 11.4. The fourth-order valence-corrected chi connectivity index (χ4v) is 3.21. The van der Waals surface area contributed by atoms with Gasteiger partial charge in [-0.15, -0.1) is 0 Å². The molecule has 0 bridgehead atoms. The van der Waals surface area contributed by atoms with E-state index in [2.05, 4.69) is 9.88 Å². The predicted octanol–water partition coefficient (Wildman–Crippen LogP) is 1.94. The molecule has 1 aromatic heterocycles. The Labute approximate surface area is 126 Å². The topological polar surface area (TPSA) is 68.4 Å². The summed E-state index contributed by atoms with van der Waals surface area (Å²) in [5, 5.41) is 0. The van der Waals surface area contributed by atoms with E-state index >= 15 is 0 Å². The third-order valence-corrected chi connectivity index (χ3v) is 4.30. The van der Waals surface area contributed by atoms with Crippen molar-refractivity contribution < 1.29 is 9.53 Å². The summed E-state index contributed by atoms with van der Waals surface area (Å²) in [7, 11) is 1.68. The van der Waals surface area contributed by atoms with Crippen LogP contribution in [0.3, 0.4) is 0 Å². The molecule has 5 heteroatoms. The van der Waals surface area contributed by atoms with Gasteiger partial charge in [-0.25, -0.2) is 0 Å². The summed E-state index contributed by atoms with van der Waals surface area (Å²) < 4.78 is 5.45. The third-order valence-electron chi connectivity index (χ3n) is 4.30. The Morgan fingerprint density at radius 3 is 2.67 bits per heavy atom. The van der Waals surface area contributed by atoms with Gasteiger partial charge in [0.15, 0.2) is 0 Å². The van der Waals surface area contributed by atoms with Crippen LogP contribution in [0, 0.1) is 13.8 Å². The second-order valence-corrected chi connectivity index (χ2v) is 5.86. The van der Waals surface area contributed by atoms with Crippen molar-refractivity contribution in [2.24, 2.45) is 5.73 Å². The highest BCUT2D eigenvalue weighted by molar-refractivity contribution is 5.76. The maximum absolute atomic E-state index is 11.4. The second-order valence-electron chi connectivity index (χ2n) is 5.86. The van der Waals surface area contributed by atoms with E-state index in [9.17, 15) is 4.79 Å². The Balaban J connectivity index is 2.21. The summed E-state index contributed by atoms with van der Waals surface area (Å²) in [5.41, 5.74) is 8.45. The van der Waals surface area contributed by atoms with Crippen LogP contribution in [0.15, 0.2) is 6.20 Å². The Morgan fingerprint density at radius 2 is 2.10 bits per heavy atom. The molecule has 1 heterocycles. The van der Waals surface area contributed by atoms with Crippen molar-refractivity contribution in [1.82, 2.24) is 9.88 Å². The average molecular weight is 291 g/mol. The Bertz CT molecular complexity index is 510. The van der Waals surface area contributed by atoms with Gasteiger partial charge in [0.2, 0.25) is 5.91 Å². The molecule has 1 aliphatic rings. The number of rotatable bonds is 6. The van der Waals surface area contributed by atoms with Gasteiger partial charge in [0.25, 0.3) is 0 Å². The quantitative estimate of drug-likeness (QED) is 0.869. The minimum Gasteiger partial charge on any atom is -0.496 e. The van der Waals surface area contributed by atoms with Crippen LogP contribution in [0.4, 0.5) is 0 Å². The van der Waals surface area contributed by atoms with Crippen molar-refractivity contribution in [3.05, 3.63) is 23.0 Å². The smallest absolute Gasteiger partial charge is 0.231 e. The number of aryl methyl sites for hydroxylation is 1. The molecule has 5 nitrogen and oxygen atoms in total. The minimum absolute atomic E-state index is 0.279. The van der Waals surface area contributed by atoms with E-state index in [0.29, 0.717) is 19.1 Å². The SMILES string of the molecule is COc1c(C)cnc(CN(CC(N)=O)C2CCCC2)c1C. The lowest BCUT2D eigenvalue weighted by atomic mass is 10.1. The van der Waals surface area contributed by atoms with Gasteiger partial charge < -0.3 is 10.5 Å². The molecule has 0 aromatic carbocycles. The van der Waals surface area contributed by atoms with E-state index in [1.54, 1.807) is 7.11 Å². The highest BCUT2D eigenvalue weighted by Crippen LogP contribution is 2.28. The fraction of sp³-hybridized carbons (Fsp3) is 0.625. The molecule has 0 radical (unpaired) electrons. The van der Waals surface area contributed by atoms with Crippen LogP contribution in [0.2, 0.25) is 0 Å². The minimum atomic E-state index is -0.279. The number of methoxy groups -OCH3 is 1. The Morgan fingerprint density at radius 1 is 1.43 bits per heavy atom. The van der Waals surface area contributed by atoms with Gasteiger partial charge in [0, 0.05) is 29.9 Å². The first-order valence-electron chi connectivity index (χ1n) is 7.54. The normalized spacial score (nSPS) is 15.6. The fourth-order valence-electron chi connectivity index (χ4n) is 3.21. The first kappa shape index (κ1) is 15.8. The number of ether oxygens (including phenoxy) is 1. The summed E-state index contributed by atoms with van der Waals surface area (Å²) >= 11 is 0. The van der Waals surface area contributed by atoms with Gasteiger partial charge in [-0.1, -0.05) is 12.8 Å². The van der Waals surface area contributed by atoms with Crippen LogP contribution >= 0.6 is 0 Å². The van der Waals surface area contributed by atoms with Crippen molar-refractivity contribution in [3.8, 4) is 5.75 Å². The number of carbonyl (C=O) groups excluding carboxylic acids is 1. The number of nitrogens with two attached hydrogens (primary N) is 1. The number of aromatic nitrogens is 1. The van der Waals surface area contributed by atoms with Crippen LogP contribution in [0.1, 0.15) is 42.5 Å². The molecule has 116 valence electrons. The number of amides is 1. The molecule has 0 unspecified atom stereocenters. The molecule has 1 aromatic rings. The predicted molar refractivity (Wildman–Crippen MR) is 82.1 cm³/mol. The van der Waals surface area contributed by atoms with E-state index < -0.39 is 0 Å². The van der Waals surface area contributed by atoms with E-state index in [1.165, 1.54) is 12.8 Å². The summed E-state index contributed by atoms with van der Waals surface area (Å²) in [6.45, 7) is 4.95. The molecule has 1 aliphatic carbocycles. The molecule has 21 heavy (non-hydrogen) atoms. The van der Waals surface area contributed by atoms with Crippen molar-refractivity contribution >= 4 is 5.91 Å². The van der Waals surface area contributed by atoms with E-state index in [0.717, 1.165) is 35.4 Å². The van der Waals surface area contributed by atoms with Crippen LogP contribution in [0.25, 0.3) is 0 Å². The van der Waals surface area contributed by atoms with E-state index in [-0.39, 0.29) is 5.91 Å². The number of hydrogen-bond donors (Lipinski definition) is 1. The van der Waals surface area contributed by atoms with Crippen molar-refractivity contribution in [2.75, 3.05) is 13.7 Å². The lowest BCUT2D eigenvalue weighted by molar-refractivity contribution is -0.119. The average Bonchev–Trinajstić information content (AvgIpc) is 2.95. The molecule has 1 saturated carbocycles. The van der Waals surface area contributed by atoms with Gasteiger partial charge in [-0.05, 0) is 26.7 Å². The van der Waals surface area contributed by atoms with Crippen LogP contribution < -0.4 is 10.5 Å². The van der Waals surface area contributed by atoms with Crippen molar-refractivity contribution in [1.29, 1.82) is 0 Å². The molecule has 0 atom stereocenters. The molecular formula is C16H25N3O2. The van der Waals surface area contributed by atoms with Crippen LogP contribution in [-0.2, 0) is 11.3 Å². The summed E-state index contributed by atoms with van der Waals surface area (Å²) in [6, 6.07) is 0.436. The largest absolute Gasteiger partial charge is 0.496 e. The molecule has 2 N–H and O–H groups in total. The summed E-state index contributed by atoms with van der Waals surface area (Å²) in [5.74, 6) is 0.601. The zero-order valence-electron chi connectivity index (χ0n) is 13.2. The summed E-state index contributed by atoms with van der Waals surface area (Å²) in [4.78, 5) is 18.1. The molecule has 2 rings (SSSR count). The monoisotopic (exact) mass is 291 g/mol. The lowest BCUT2D eigenvalue weighted by Crippen LogP contribution is -2.39. The third kappa shape index (κ3) is 3.73. The zero-order chi connectivity index (χ0) is 15.4. The number of nitrogens with zero attached hydrogens (tertiary/aromatic N) is 2. The highest BCUT2D eigenvalue weighted by atomic mass is 16.5. The number of carbonyl (C=O) groups is 1. The second kappa shape index (κ2) is 6.89. The molecule has 1 amide bonds. The van der Waals surface area contributed by atoms with Gasteiger partial charge in [0.05, 0.1) is 19.3 Å².